The molecule has 0 aromatic carbocycles. The van der Waals surface area contributed by atoms with Gasteiger partial charge in [0.05, 0.1) is 5.69 Å². The predicted molar refractivity (Wildman–Crippen MR) is 116 cm³/mol. The lowest BCUT2D eigenvalue weighted by Crippen LogP contribution is -2.34. The average Bonchev–Trinajstić information content (AvgIpc) is 3.09. The molecule has 1 saturated heterocycles. The number of nitrogens with one attached hydrogen (secondary N) is 1. The molecule has 0 unspecified atom stereocenters. The highest BCUT2D eigenvalue weighted by Crippen LogP contribution is 2.29. The van der Waals surface area contributed by atoms with Crippen molar-refractivity contribution in [3.63, 3.8) is 0 Å². The summed E-state index contributed by atoms with van der Waals surface area (Å²) in [6.45, 7) is 7.35. The van der Waals surface area contributed by atoms with Gasteiger partial charge in [-0.05, 0) is 43.5 Å². The number of rotatable bonds is 6. The summed E-state index contributed by atoms with van der Waals surface area (Å²) in [5.74, 6) is 0.882. The third-order valence-corrected chi connectivity index (χ3v) is 5.76. The van der Waals surface area contributed by atoms with Gasteiger partial charge >= 0.3 is 0 Å². The minimum Gasteiger partial charge on any atom is -0.404 e. The van der Waals surface area contributed by atoms with Crippen LogP contribution in [0.5, 0.6) is 0 Å². The molecule has 1 fully saturated rings. The Labute approximate surface area is 168 Å². The van der Waals surface area contributed by atoms with Gasteiger partial charge in [-0.2, -0.15) is 0 Å². The molecule has 0 bridgehead atoms. The van der Waals surface area contributed by atoms with Crippen molar-refractivity contribution in [2.75, 3.05) is 18.0 Å². The third-order valence-electron chi connectivity index (χ3n) is 4.72. The van der Waals surface area contributed by atoms with Gasteiger partial charge in [-0.1, -0.05) is 12.7 Å². The molecule has 146 valence electrons. The summed E-state index contributed by atoms with van der Waals surface area (Å²) in [7, 11) is 0. The molecule has 3 N–H and O–H groups in total. The van der Waals surface area contributed by atoms with Gasteiger partial charge in [-0.3, -0.25) is 0 Å². The number of anilines is 1. The van der Waals surface area contributed by atoms with Gasteiger partial charge in [0.25, 0.3) is 0 Å². The molecule has 0 spiro atoms. The Hall–Kier alpha value is -2.80. The minimum absolute atomic E-state index is 0.565. The number of aryl methyl sites for hydroxylation is 1. The molecule has 0 saturated carbocycles. The first-order valence-corrected chi connectivity index (χ1v) is 9.96. The largest absolute Gasteiger partial charge is 0.404 e. The highest BCUT2D eigenvalue weighted by molar-refractivity contribution is 7.15. The number of allylic oxidation sites excluding steroid dienone is 3. The predicted octanol–water partition coefficient (Wildman–Crippen LogP) is 4.51. The van der Waals surface area contributed by atoms with Crippen molar-refractivity contribution in [1.82, 2.24) is 9.97 Å². The molecular weight excluding hydrogens is 373 g/mol. The van der Waals surface area contributed by atoms with Crippen molar-refractivity contribution in [2.24, 2.45) is 5.73 Å². The summed E-state index contributed by atoms with van der Waals surface area (Å²) < 4.78 is 13.3. The lowest BCUT2D eigenvalue weighted by atomic mass is 10.1. The molecule has 3 rings (SSSR count). The number of piperidine rings is 1. The Morgan fingerprint density at radius 2 is 2.14 bits per heavy atom. The molecule has 2 aromatic heterocycles. The van der Waals surface area contributed by atoms with Crippen LogP contribution in [-0.2, 0) is 0 Å². The van der Waals surface area contributed by atoms with E-state index >= 15 is 0 Å². The summed E-state index contributed by atoms with van der Waals surface area (Å²) in [6.07, 6.45) is 8.50. The van der Waals surface area contributed by atoms with E-state index in [4.69, 9.17) is 16.1 Å². The first kappa shape index (κ1) is 19.9. The second-order valence-electron chi connectivity index (χ2n) is 6.65. The van der Waals surface area contributed by atoms with Gasteiger partial charge in [0.15, 0.2) is 0 Å². The number of thiazole rings is 1. The number of hydrogen-bond acceptors (Lipinski definition) is 6. The molecule has 7 heteroatoms. The van der Waals surface area contributed by atoms with Crippen molar-refractivity contribution in [3.05, 3.63) is 58.9 Å². The van der Waals surface area contributed by atoms with E-state index in [0.717, 1.165) is 27.0 Å². The number of alkyl halides is 1. The Morgan fingerprint density at radius 3 is 2.75 bits per heavy atom. The average molecular weight is 398 g/mol. The molecule has 0 radical (unpaired) electrons. The molecule has 0 atom stereocenters. The van der Waals surface area contributed by atoms with Crippen LogP contribution in [0.25, 0.3) is 16.6 Å². The van der Waals surface area contributed by atoms with Crippen LogP contribution >= 0.6 is 11.3 Å². The van der Waals surface area contributed by atoms with Crippen LogP contribution in [0.2, 0.25) is 0 Å². The summed E-state index contributed by atoms with van der Waals surface area (Å²) in [5, 5.41) is 8.22. The normalized spacial score (nSPS) is 15.9. The molecule has 2 aromatic rings. The monoisotopic (exact) mass is 397 g/mol. The van der Waals surface area contributed by atoms with Gasteiger partial charge in [0, 0.05) is 47.7 Å². The molecule has 3 heterocycles. The minimum atomic E-state index is -0.688. The SMILES string of the molecule is C=C(/C=C\c1nc(-c2ccc(N3CCC(F)CC3)nc2)sc1C)/C(C=N)=C/N. The van der Waals surface area contributed by atoms with Gasteiger partial charge < -0.3 is 16.0 Å². The van der Waals surface area contributed by atoms with Gasteiger partial charge in [-0.25, -0.2) is 14.4 Å². The molecule has 1 aliphatic heterocycles. The Morgan fingerprint density at radius 1 is 1.39 bits per heavy atom. The lowest BCUT2D eigenvalue weighted by molar-refractivity contribution is 0.277. The molecule has 0 amide bonds. The van der Waals surface area contributed by atoms with Crippen LogP contribution in [0.1, 0.15) is 23.4 Å². The van der Waals surface area contributed by atoms with Crippen molar-refractivity contribution >= 4 is 29.4 Å². The first-order valence-electron chi connectivity index (χ1n) is 9.14. The number of hydrogen-bond donors (Lipinski definition) is 2. The molecule has 1 aliphatic rings. The van der Waals surface area contributed by atoms with Crippen molar-refractivity contribution in [3.8, 4) is 10.6 Å². The highest BCUT2D eigenvalue weighted by Gasteiger charge is 2.19. The standard InChI is InChI=1S/C21H24FN5S/c1-14(17(11-23)12-24)3-5-19-15(2)28-21(26-19)16-4-6-20(25-13-16)27-9-7-18(22)8-10-27/h3-6,11-13,18,23H,1,7-10,24H2,2H3/b5-3-,17-12+,23-11?. The van der Waals surface area contributed by atoms with Gasteiger partial charge in [0.1, 0.15) is 17.0 Å². The van der Waals surface area contributed by atoms with Gasteiger partial charge in [0.2, 0.25) is 0 Å². The van der Waals surface area contributed by atoms with E-state index in [-0.39, 0.29) is 0 Å². The maximum Gasteiger partial charge on any atom is 0.128 e. The highest BCUT2D eigenvalue weighted by atomic mass is 32.1. The lowest BCUT2D eigenvalue weighted by Gasteiger charge is -2.29. The summed E-state index contributed by atoms with van der Waals surface area (Å²) in [5.41, 5.74) is 8.53. The number of nitrogens with zero attached hydrogens (tertiary/aromatic N) is 3. The smallest absolute Gasteiger partial charge is 0.128 e. The van der Waals surface area contributed by atoms with Crippen LogP contribution in [0, 0.1) is 12.3 Å². The van der Waals surface area contributed by atoms with E-state index < -0.39 is 6.17 Å². The first-order chi connectivity index (χ1) is 13.5. The Kier molecular flexibility index (Phi) is 6.36. The molecule has 5 nitrogen and oxygen atoms in total. The quantitative estimate of drug-likeness (QED) is 0.555. The maximum atomic E-state index is 13.3. The van der Waals surface area contributed by atoms with Crippen LogP contribution in [0.3, 0.4) is 0 Å². The van der Waals surface area contributed by atoms with Crippen molar-refractivity contribution < 1.29 is 4.39 Å². The maximum absolute atomic E-state index is 13.3. The van der Waals surface area contributed by atoms with E-state index in [2.05, 4.69) is 16.5 Å². The van der Waals surface area contributed by atoms with Crippen LogP contribution < -0.4 is 10.6 Å². The van der Waals surface area contributed by atoms with E-state index in [1.165, 1.54) is 12.4 Å². The number of halogens is 1. The molecule has 28 heavy (non-hydrogen) atoms. The van der Waals surface area contributed by atoms with Crippen molar-refractivity contribution in [2.45, 2.75) is 25.9 Å². The topological polar surface area (TPSA) is 78.9 Å². The number of pyridine rings is 1. The zero-order valence-electron chi connectivity index (χ0n) is 15.9. The van der Waals surface area contributed by atoms with E-state index in [1.54, 1.807) is 11.3 Å². The van der Waals surface area contributed by atoms with E-state index in [1.807, 2.05) is 37.4 Å². The zero-order chi connectivity index (χ0) is 20.1. The fourth-order valence-corrected chi connectivity index (χ4v) is 3.88. The van der Waals surface area contributed by atoms with Crippen LogP contribution in [0.15, 0.2) is 48.3 Å². The Balaban J connectivity index is 1.73. The molecular formula is C21H24FN5S. The fraction of sp³-hybridized carbons (Fsp3) is 0.286. The summed E-state index contributed by atoms with van der Waals surface area (Å²) in [4.78, 5) is 12.5. The Bertz CT molecular complexity index is 905. The van der Waals surface area contributed by atoms with Gasteiger partial charge in [-0.15, -0.1) is 11.3 Å². The third kappa shape index (κ3) is 4.54. The van der Waals surface area contributed by atoms with Crippen molar-refractivity contribution in [1.29, 1.82) is 5.41 Å². The second-order valence-corrected chi connectivity index (χ2v) is 7.86. The fourth-order valence-electron chi connectivity index (χ4n) is 2.99. The summed E-state index contributed by atoms with van der Waals surface area (Å²) >= 11 is 1.60. The molecule has 0 aliphatic carbocycles. The van der Waals surface area contributed by atoms with E-state index in [0.29, 0.717) is 37.1 Å². The second kappa shape index (κ2) is 8.93. The van der Waals surface area contributed by atoms with Crippen LogP contribution in [-0.4, -0.2) is 35.4 Å². The zero-order valence-corrected chi connectivity index (χ0v) is 16.7. The number of aromatic nitrogens is 2. The summed E-state index contributed by atoms with van der Waals surface area (Å²) in [6, 6.07) is 3.99. The number of nitrogens with two attached hydrogens (primary N) is 1. The van der Waals surface area contributed by atoms with Crippen LogP contribution in [0.4, 0.5) is 10.2 Å². The van der Waals surface area contributed by atoms with E-state index in [9.17, 15) is 4.39 Å².